The molecule has 0 fully saturated rings. The first kappa shape index (κ1) is 18.0. The minimum Gasteiger partial charge on any atom is -0.395 e. The van der Waals surface area contributed by atoms with E-state index >= 15 is 0 Å². The molecule has 0 atom stereocenters. The summed E-state index contributed by atoms with van der Waals surface area (Å²) in [6.07, 6.45) is 2.21. The van der Waals surface area contributed by atoms with E-state index in [4.69, 9.17) is 0 Å². The van der Waals surface area contributed by atoms with E-state index in [1.54, 1.807) is 0 Å². The van der Waals surface area contributed by atoms with Gasteiger partial charge < -0.3 is 15.3 Å². The van der Waals surface area contributed by atoms with Crippen LogP contribution in [0.3, 0.4) is 0 Å². The maximum atomic E-state index is 9.36. The van der Waals surface area contributed by atoms with Crippen molar-refractivity contribution in [2.75, 3.05) is 18.1 Å². The van der Waals surface area contributed by atoms with Gasteiger partial charge in [-0.2, -0.15) is 0 Å². The van der Waals surface area contributed by atoms with Gasteiger partial charge in [0.2, 0.25) is 0 Å². The lowest BCUT2D eigenvalue weighted by molar-refractivity contribution is 0.296. The van der Waals surface area contributed by atoms with Crippen LogP contribution in [0.25, 0.3) is 0 Å². The number of anilines is 1. The minimum absolute atomic E-state index is 0.201. The normalized spacial score (nSPS) is 11.4. The van der Waals surface area contributed by atoms with Crippen LogP contribution in [-0.4, -0.2) is 30.3 Å². The lowest BCUT2D eigenvalue weighted by Gasteiger charge is -2.32. The molecule has 3 heteroatoms. The van der Waals surface area contributed by atoms with Crippen LogP contribution in [0.4, 0.5) is 5.69 Å². The molecule has 0 unspecified atom stereocenters. The van der Waals surface area contributed by atoms with Crippen molar-refractivity contribution < 1.29 is 5.11 Å². The van der Waals surface area contributed by atoms with Gasteiger partial charge in [-0.25, -0.2) is 0 Å². The molecule has 1 aromatic rings. The van der Waals surface area contributed by atoms with Crippen LogP contribution in [0.1, 0.15) is 51.7 Å². The van der Waals surface area contributed by atoms with E-state index in [2.05, 4.69) is 63.0 Å². The molecule has 2 N–H and O–H groups in total. The van der Waals surface area contributed by atoms with E-state index in [0.29, 0.717) is 18.6 Å². The average Bonchev–Trinajstić information content (AvgIpc) is 2.46. The van der Waals surface area contributed by atoms with E-state index < -0.39 is 0 Å². The molecule has 21 heavy (non-hydrogen) atoms. The lowest BCUT2D eigenvalue weighted by atomic mass is 10.0. The molecule has 0 aliphatic heterocycles. The van der Waals surface area contributed by atoms with Gasteiger partial charge in [0.15, 0.2) is 0 Å². The molecule has 0 radical (unpaired) electrons. The second-order valence-electron chi connectivity index (χ2n) is 6.03. The fraction of sp³-hybridized carbons (Fsp3) is 0.667. The molecule has 120 valence electrons. The van der Waals surface area contributed by atoms with Gasteiger partial charge in [0.1, 0.15) is 0 Å². The molecular formula is C18H32N2O. The first-order chi connectivity index (χ1) is 10.0. The van der Waals surface area contributed by atoms with Gasteiger partial charge in [0.05, 0.1) is 6.61 Å². The molecule has 3 nitrogen and oxygen atoms in total. The standard InChI is InChI=1S/C18H32N2O/c1-6-17(7-2)20(10-11-21)18-9-8-16(15(5)12-18)13-19-14(3)4/h8-9,12,14,17,19,21H,6-7,10-11,13H2,1-5H3. The highest BCUT2D eigenvalue weighted by molar-refractivity contribution is 5.51. The van der Waals surface area contributed by atoms with Gasteiger partial charge in [-0.1, -0.05) is 33.8 Å². The van der Waals surface area contributed by atoms with E-state index in [1.165, 1.54) is 16.8 Å². The molecule has 0 saturated heterocycles. The molecule has 0 heterocycles. The number of rotatable bonds is 9. The SMILES string of the molecule is CCC(CC)N(CCO)c1ccc(CNC(C)C)c(C)c1. The van der Waals surface area contributed by atoms with Crippen LogP contribution in [0.5, 0.6) is 0 Å². The number of hydrogen-bond acceptors (Lipinski definition) is 3. The van der Waals surface area contributed by atoms with Crippen LogP contribution < -0.4 is 10.2 Å². The Bertz CT molecular complexity index is 414. The number of hydrogen-bond donors (Lipinski definition) is 2. The van der Waals surface area contributed by atoms with Crippen LogP contribution in [0.2, 0.25) is 0 Å². The molecule has 0 amide bonds. The number of aliphatic hydroxyl groups excluding tert-OH is 1. The highest BCUT2D eigenvalue weighted by Gasteiger charge is 2.16. The Morgan fingerprint density at radius 2 is 1.86 bits per heavy atom. The smallest absolute Gasteiger partial charge is 0.0606 e. The summed E-state index contributed by atoms with van der Waals surface area (Å²) >= 11 is 0. The fourth-order valence-electron chi connectivity index (χ4n) is 2.73. The second-order valence-corrected chi connectivity index (χ2v) is 6.03. The Morgan fingerprint density at radius 3 is 2.33 bits per heavy atom. The van der Waals surface area contributed by atoms with Gasteiger partial charge in [-0.3, -0.25) is 0 Å². The third kappa shape index (κ3) is 5.33. The molecule has 0 spiro atoms. The Balaban J connectivity index is 2.92. The zero-order valence-electron chi connectivity index (χ0n) is 14.3. The molecule has 0 saturated carbocycles. The van der Waals surface area contributed by atoms with Crippen molar-refractivity contribution in [1.82, 2.24) is 5.32 Å². The van der Waals surface area contributed by atoms with E-state index in [1.807, 2.05) is 0 Å². The van der Waals surface area contributed by atoms with Gasteiger partial charge in [-0.15, -0.1) is 0 Å². The first-order valence-electron chi connectivity index (χ1n) is 8.23. The van der Waals surface area contributed by atoms with E-state index in [0.717, 1.165) is 19.4 Å². The third-order valence-corrected chi connectivity index (χ3v) is 4.08. The number of aryl methyl sites for hydroxylation is 1. The summed E-state index contributed by atoms with van der Waals surface area (Å²) in [4.78, 5) is 2.34. The molecule has 0 aromatic heterocycles. The Morgan fingerprint density at radius 1 is 1.19 bits per heavy atom. The third-order valence-electron chi connectivity index (χ3n) is 4.08. The van der Waals surface area contributed by atoms with Crippen molar-refractivity contribution in [3.05, 3.63) is 29.3 Å². The zero-order valence-corrected chi connectivity index (χ0v) is 14.3. The fourth-order valence-corrected chi connectivity index (χ4v) is 2.73. The summed E-state index contributed by atoms with van der Waals surface area (Å²) in [7, 11) is 0. The summed E-state index contributed by atoms with van der Waals surface area (Å²) in [6, 6.07) is 7.66. The van der Waals surface area contributed by atoms with Gasteiger partial charge in [0, 0.05) is 30.9 Å². The van der Waals surface area contributed by atoms with E-state index in [-0.39, 0.29) is 6.61 Å². The number of nitrogens with zero attached hydrogens (tertiary/aromatic N) is 1. The lowest BCUT2D eigenvalue weighted by Crippen LogP contribution is -2.36. The minimum atomic E-state index is 0.201. The highest BCUT2D eigenvalue weighted by Crippen LogP contribution is 2.23. The van der Waals surface area contributed by atoms with Gasteiger partial charge in [0.25, 0.3) is 0 Å². The summed E-state index contributed by atoms with van der Waals surface area (Å²) in [6.45, 7) is 12.7. The quantitative estimate of drug-likeness (QED) is 0.731. The van der Waals surface area contributed by atoms with Crippen molar-refractivity contribution in [1.29, 1.82) is 0 Å². The van der Waals surface area contributed by atoms with Crippen molar-refractivity contribution in [2.45, 2.75) is 66.1 Å². The molecule has 0 bridgehead atoms. The van der Waals surface area contributed by atoms with Crippen LogP contribution in [0, 0.1) is 6.92 Å². The molecular weight excluding hydrogens is 260 g/mol. The second kappa shape index (κ2) is 9.06. The molecule has 1 rings (SSSR count). The summed E-state index contributed by atoms with van der Waals surface area (Å²) < 4.78 is 0. The number of benzene rings is 1. The first-order valence-corrected chi connectivity index (χ1v) is 8.23. The van der Waals surface area contributed by atoms with Crippen molar-refractivity contribution >= 4 is 5.69 Å². The Hall–Kier alpha value is -1.06. The van der Waals surface area contributed by atoms with E-state index in [9.17, 15) is 5.11 Å². The predicted octanol–water partition coefficient (Wildman–Crippen LogP) is 3.48. The van der Waals surface area contributed by atoms with Crippen LogP contribution in [0.15, 0.2) is 18.2 Å². The Labute approximate surface area is 130 Å². The van der Waals surface area contributed by atoms with Crippen LogP contribution >= 0.6 is 0 Å². The maximum Gasteiger partial charge on any atom is 0.0606 e. The van der Waals surface area contributed by atoms with Gasteiger partial charge >= 0.3 is 0 Å². The zero-order chi connectivity index (χ0) is 15.8. The summed E-state index contributed by atoms with van der Waals surface area (Å²) in [5.74, 6) is 0. The predicted molar refractivity (Wildman–Crippen MR) is 92.0 cm³/mol. The number of nitrogens with one attached hydrogen (secondary N) is 1. The highest BCUT2D eigenvalue weighted by atomic mass is 16.3. The van der Waals surface area contributed by atoms with Gasteiger partial charge in [-0.05, 0) is 43.0 Å². The number of aliphatic hydroxyl groups is 1. The largest absolute Gasteiger partial charge is 0.395 e. The molecule has 1 aromatic carbocycles. The summed E-state index contributed by atoms with van der Waals surface area (Å²) in [5.41, 5.74) is 3.89. The summed E-state index contributed by atoms with van der Waals surface area (Å²) in [5, 5.41) is 12.8. The van der Waals surface area contributed by atoms with Crippen molar-refractivity contribution in [3.63, 3.8) is 0 Å². The Kier molecular flexibility index (Phi) is 7.76. The molecule has 0 aliphatic rings. The van der Waals surface area contributed by atoms with Crippen molar-refractivity contribution in [3.8, 4) is 0 Å². The maximum absolute atomic E-state index is 9.36. The van der Waals surface area contributed by atoms with Crippen LogP contribution in [-0.2, 0) is 6.54 Å². The monoisotopic (exact) mass is 292 g/mol. The topological polar surface area (TPSA) is 35.5 Å². The van der Waals surface area contributed by atoms with Crippen molar-refractivity contribution in [2.24, 2.45) is 0 Å². The average molecular weight is 292 g/mol. The molecule has 0 aliphatic carbocycles.